The maximum Gasteiger partial charge on any atom is 0.228 e. The first-order chi connectivity index (χ1) is 15.2. The molecule has 5 heteroatoms. The number of phenols is 2. The number of rotatable bonds is 0. The largest absolute Gasteiger partial charge is 0.504 e. The minimum atomic E-state index is -0.610. The molecule has 0 unspecified atom stereocenters. The van der Waals surface area contributed by atoms with Gasteiger partial charge in [-0.2, -0.15) is 0 Å². The lowest BCUT2D eigenvalue weighted by atomic mass is 9.35. The molecule has 4 aliphatic rings. The molecule has 0 bridgehead atoms. The van der Waals surface area contributed by atoms with Crippen molar-refractivity contribution >= 4 is 11.6 Å². The second-order valence-corrected chi connectivity index (χ2v) is 12.4. The van der Waals surface area contributed by atoms with Gasteiger partial charge in [0.1, 0.15) is 5.78 Å². The van der Waals surface area contributed by atoms with Crippen molar-refractivity contribution < 1.29 is 24.9 Å². The third-order valence-corrected chi connectivity index (χ3v) is 10.8. The molecule has 3 fully saturated rings. The molecule has 3 N–H and O–H groups in total. The van der Waals surface area contributed by atoms with E-state index < -0.39 is 16.6 Å². The average Bonchev–Trinajstić information content (AvgIpc) is 2.74. The molecule has 0 aliphatic heterocycles. The van der Waals surface area contributed by atoms with Crippen LogP contribution in [-0.4, -0.2) is 26.9 Å². The Hall–Kier alpha value is -2.30. The predicted molar refractivity (Wildman–Crippen MR) is 126 cm³/mol. The van der Waals surface area contributed by atoms with E-state index in [0.717, 1.165) is 37.7 Å². The summed E-state index contributed by atoms with van der Waals surface area (Å²) in [7, 11) is 0. The van der Waals surface area contributed by atoms with Gasteiger partial charge in [-0.25, -0.2) is 0 Å². The van der Waals surface area contributed by atoms with E-state index in [4.69, 9.17) is 0 Å². The molecule has 4 aliphatic carbocycles. The number of carbonyl (C=O) groups is 2. The van der Waals surface area contributed by atoms with E-state index in [1.807, 2.05) is 6.92 Å². The van der Waals surface area contributed by atoms with E-state index in [-0.39, 0.29) is 34.0 Å². The zero-order valence-corrected chi connectivity index (χ0v) is 20.6. The molecule has 1 aromatic rings. The summed E-state index contributed by atoms with van der Waals surface area (Å²) in [6.07, 6.45) is 4.80. The second kappa shape index (κ2) is 6.43. The molecular weight excluding hydrogens is 416 g/mol. The molecule has 0 heterocycles. The molecule has 33 heavy (non-hydrogen) atoms. The van der Waals surface area contributed by atoms with Crippen LogP contribution < -0.4 is 0 Å². The van der Waals surface area contributed by atoms with E-state index in [1.165, 1.54) is 6.07 Å². The number of carbonyl (C=O) groups excluding carboxylic acids is 2. The third kappa shape index (κ3) is 2.49. The zero-order chi connectivity index (χ0) is 24.3. The first-order valence-corrected chi connectivity index (χ1v) is 12.3. The Balaban J connectivity index is 1.73. The topological polar surface area (TPSA) is 94.8 Å². The highest BCUT2D eigenvalue weighted by Gasteiger charge is 2.67. The summed E-state index contributed by atoms with van der Waals surface area (Å²) in [6.45, 7) is 12.5. The highest BCUT2D eigenvalue weighted by molar-refractivity contribution is 6.12. The summed E-state index contributed by atoms with van der Waals surface area (Å²) in [4.78, 5) is 26.2. The summed E-state index contributed by atoms with van der Waals surface area (Å²) >= 11 is 0. The van der Waals surface area contributed by atoms with Gasteiger partial charge in [0.15, 0.2) is 17.3 Å². The summed E-state index contributed by atoms with van der Waals surface area (Å²) in [5, 5.41) is 32.2. The number of aliphatic hydroxyl groups is 1. The Kier molecular flexibility index (Phi) is 4.38. The van der Waals surface area contributed by atoms with Crippen molar-refractivity contribution in [1.29, 1.82) is 0 Å². The smallest absolute Gasteiger partial charge is 0.228 e. The Morgan fingerprint density at radius 3 is 2.30 bits per heavy atom. The number of aromatic hydroxyl groups is 2. The van der Waals surface area contributed by atoms with Crippen LogP contribution in [0.15, 0.2) is 17.4 Å². The molecule has 1 aromatic carbocycles. The number of phenolic OH excluding ortho intramolecular Hbond substituents is 2. The van der Waals surface area contributed by atoms with Crippen molar-refractivity contribution in [2.45, 2.75) is 85.5 Å². The van der Waals surface area contributed by atoms with Crippen molar-refractivity contribution in [3.05, 3.63) is 34.1 Å². The molecule has 3 saturated carbocycles. The highest BCUT2D eigenvalue weighted by atomic mass is 16.3. The molecule has 5 rings (SSSR count). The summed E-state index contributed by atoms with van der Waals surface area (Å²) in [6, 6.07) is 1.53. The van der Waals surface area contributed by atoms with Gasteiger partial charge in [0.05, 0.1) is 0 Å². The summed E-state index contributed by atoms with van der Waals surface area (Å²) < 4.78 is 0. The fourth-order valence-electron chi connectivity index (χ4n) is 8.61. The number of allylic oxidation sites excluding steroid dienone is 2. The first kappa shape index (κ1) is 22.5. The SMILES string of the molecule is Cc1c(O)c(O)cc2c1C(=O)C(O)=C1[C@@]2(C)CC[C@@]2(C)[C@@H]3C[C@@H](C)C(=O)C[C@]3(C)CC[C@]12C. The molecule has 178 valence electrons. The van der Waals surface area contributed by atoms with Gasteiger partial charge in [0, 0.05) is 28.9 Å². The van der Waals surface area contributed by atoms with Crippen LogP contribution in [0.25, 0.3) is 0 Å². The third-order valence-electron chi connectivity index (χ3n) is 10.8. The van der Waals surface area contributed by atoms with E-state index in [9.17, 15) is 24.9 Å². The lowest BCUT2D eigenvalue weighted by Crippen LogP contribution is -2.62. The van der Waals surface area contributed by atoms with Crippen LogP contribution in [0.1, 0.15) is 94.6 Å². The van der Waals surface area contributed by atoms with Gasteiger partial charge in [0.2, 0.25) is 5.78 Å². The second-order valence-electron chi connectivity index (χ2n) is 12.4. The Labute approximate surface area is 195 Å². The van der Waals surface area contributed by atoms with E-state index in [0.29, 0.717) is 34.8 Å². The van der Waals surface area contributed by atoms with Gasteiger partial charge >= 0.3 is 0 Å². The number of Topliss-reactive ketones (excluding diaryl/α,β-unsaturated/α-hetero) is 2. The molecule has 0 aromatic heterocycles. The number of ketones is 2. The number of hydrogen-bond donors (Lipinski definition) is 3. The molecule has 0 spiro atoms. The van der Waals surface area contributed by atoms with Crippen LogP contribution in [-0.2, 0) is 10.2 Å². The first-order valence-electron chi connectivity index (χ1n) is 12.3. The molecular formula is C28H36O5. The van der Waals surface area contributed by atoms with Gasteiger partial charge in [-0.05, 0) is 78.4 Å². The number of hydrogen-bond acceptors (Lipinski definition) is 5. The fraction of sp³-hybridized carbons (Fsp3) is 0.643. The summed E-state index contributed by atoms with van der Waals surface area (Å²) in [5.41, 5.74) is 0.886. The van der Waals surface area contributed by atoms with Crippen molar-refractivity contribution in [2.75, 3.05) is 0 Å². The van der Waals surface area contributed by atoms with Crippen LogP contribution in [0.5, 0.6) is 11.5 Å². The lowest BCUT2D eigenvalue weighted by molar-refractivity contribution is -0.160. The maximum absolute atomic E-state index is 13.5. The minimum Gasteiger partial charge on any atom is -0.504 e. The van der Waals surface area contributed by atoms with Crippen molar-refractivity contribution in [3.8, 4) is 11.5 Å². The van der Waals surface area contributed by atoms with Gasteiger partial charge in [-0.3, -0.25) is 9.59 Å². The standard InChI is InChI=1S/C28H36O5/c1-14-11-19-25(3,13-18(14)30)7-9-28(6)24-23(33)22(32)20-15(2)21(31)17(29)12-16(20)26(24,4)8-10-27(19,28)5/h12,14,19,29,31,33H,7-11,13H2,1-6H3/t14-,19-,25+,26+,27+,28-/m1/s1. The Morgan fingerprint density at radius 1 is 0.970 bits per heavy atom. The molecule has 0 radical (unpaired) electrons. The van der Waals surface area contributed by atoms with Gasteiger partial charge in [-0.1, -0.05) is 34.6 Å². The summed E-state index contributed by atoms with van der Waals surface area (Å²) in [5.74, 6) is -0.455. The van der Waals surface area contributed by atoms with Crippen LogP contribution in [0.3, 0.4) is 0 Å². The Bertz CT molecular complexity index is 1150. The van der Waals surface area contributed by atoms with Crippen LogP contribution in [0, 0.1) is 35.0 Å². The molecule has 6 atom stereocenters. The highest BCUT2D eigenvalue weighted by Crippen LogP contribution is 2.74. The van der Waals surface area contributed by atoms with Gasteiger partial charge in [-0.15, -0.1) is 0 Å². The lowest BCUT2D eigenvalue weighted by Gasteiger charge is -2.68. The quantitative estimate of drug-likeness (QED) is 0.426. The zero-order valence-electron chi connectivity index (χ0n) is 20.6. The van der Waals surface area contributed by atoms with Crippen LogP contribution in [0.2, 0.25) is 0 Å². The molecule has 5 nitrogen and oxygen atoms in total. The normalized spacial score (nSPS) is 42.4. The number of fused-ring (bicyclic) bond motifs is 7. The Morgan fingerprint density at radius 2 is 1.64 bits per heavy atom. The van der Waals surface area contributed by atoms with Crippen LogP contribution in [0.4, 0.5) is 0 Å². The monoisotopic (exact) mass is 452 g/mol. The van der Waals surface area contributed by atoms with Crippen molar-refractivity contribution in [3.63, 3.8) is 0 Å². The number of benzene rings is 1. The molecule has 0 amide bonds. The van der Waals surface area contributed by atoms with Gasteiger partial charge in [0.25, 0.3) is 0 Å². The van der Waals surface area contributed by atoms with Crippen molar-refractivity contribution in [2.24, 2.45) is 28.1 Å². The predicted octanol–water partition coefficient (Wildman–Crippen LogP) is 5.89. The van der Waals surface area contributed by atoms with E-state index in [2.05, 4.69) is 27.7 Å². The minimum absolute atomic E-state index is 0.0365. The van der Waals surface area contributed by atoms with Crippen LogP contribution >= 0.6 is 0 Å². The average molecular weight is 453 g/mol. The van der Waals surface area contributed by atoms with Gasteiger partial charge < -0.3 is 15.3 Å². The van der Waals surface area contributed by atoms with Crippen molar-refractivity contribution in [1.82, 2.24) is 0 Å². The van der Waals surface area contributed by atoms with E-state index in [1.54, 1.807) is 6.92 Å². The molecule has 0 saturated heterocycles. The van der Waals surface area contributed by atoms with E-state index >= 15 is 0 Å². The maximum atomic E-state index is 13.5. The fourth-order valence-corrected chi connectivity index (χ4v) is 8.61. The number of aliphatic hydroxyl groups excluding tert-OH is 1.